The molecule has 11 heteroatoms. The standard InChI is InChI=1S/C24H16FN7OS2/c1-28-35(33)6-4-21(5-7-35)31-15-19(13-29-31)17-9-23(24-18(11-27)12-30-32(24)14-17)34-22-3-2-20(25)8-16(22)10-26/h2-6,8-9,12-15H,7H2,1H3. The Labute approximate surface area is 204 Å². The second-order valence-corrected chi connectivity index (χ2v) is 11.0. The molecule has 0 spiro atoms. The van der Waals surface area contributed by atoms with Gasteiger partial charge >= 0.3 is 0 Å². The normalized spacial score (nSPS) is 17.1. The molecule has 4 heterocycles. The predicted molar refractivity (Wildman–Crippen MR) is 131 cm³/mol. The Morgan fingerprint density at radius 2 is 1.91 bits per heavy atom. The Bertz CT molecular complexity index is 1760. The van der Waals surface area contributed by atoms with Crippen molar-refractivity contribution in [2.45, 2.75) is 9.79 Å². The predicted octanol–water partition coefficient (Wildman–Crippen LogP) is 4.70. The van der Waals surface area contributed by atoms with E-state index in [0.29, 0.717) is 26.6 Å². The molecule has 1 unspecified atom stereocenters. The molecule has 0 amide bonds. The van der Waals surface area contributed by atoms with Gasteiger partial charge in [-0.15, -0.1) is 0 Å². The molecular formula is C24H16FN7OS2. The molecule has 5 rings (SSSR count). The average Bonchev–Trinajstić information content (AvgIpc) is 3.53. The Kier molecular flexibility index (Phi) is 5.73. The third kappa shape index (κ3) is 4.23. The second kappa shape index (κ2) is 8.87. The number of nitriles is 2. The molecule has 35 heavy (non-hydrogen) atoms. The lowest BCUT2D eigenvalue weighted by Crippen LogP contribution is -2.07. The average molecular weight is 502 g/mol. The maximum Gasteiger partial charge on any atom is 0.124 e. The van der Waals surface area contributed by atoms with Gasteiger partial charge in [-0.3, -0.25) is 0 Å². The topological polar surface area (TPSA) is 112 Å². The zero-order valence-electron chi connectivity index (χ0n) is 18.3. The monoisotopic (exact) mass is 501 g/mol. The summed E-state index contributed by atoms with van der Waals surface area (Å²) >= 11 is 1.26. The van der Waals surface area contributed by atoms with E-state index in [1.807, 2.05) is 24.4 Å². The largest absolute Gasteiger partial charge is 0.245 e. The van der Waals surface area contributed by atoms with Crippen molar-refractivity contribution < 1.29 is 8.60 Å². The summed E-state index contributed by atoms with van der Waals surface area (Å²) < 4.78 is 33.3. The molecule has 0 N–H and O–H groups in total. The molecule has 0 aliphatic carbocycles. The van der Waals surface area contributed by atoms with Gasteiger partial charge in [-0.2, -0.15) is 20.7 Å². The molecule has 1 aliphatic heterocycles. The van der Waals surface area contributed by atoms with E-state index in [4.69, 9.17) is 0 Å². The number of allylic oxidation sites excluding steroid dienone is 2. The lowest BCUT2D eigenvalue weighted by molar-refractivity contribution is 0.626. The van der Waals surface area contributed by atoms with Gasteiger partial charge in [0.15, 0.2) is 0 Å². The van der Waals surface area contributed by atoms with Crippen molar-refractivity contribution in [2.75, 3.05) is 12.8 Å². The van der Waals surface area contributed by atoms with Gasteiger partial charge in [0.1, 0.15) is 18.0 Å². The Morgan fingerprint density at radius 3 is 2.63 bits per heavy atom. The number of hydrogen-bond donors (Lipinski definition) is 0. The highest BCUT2D eigenvalue weighted by Gasteiger charge is 2.17. The van der Waals surface area contributed by atoms with Crippen LogP contribution in [0.2, 0.25) is 0 Å². The summed E-state index contributed by atoms with van der Waals surface area (Å²) in [5, 5.41) is 29.4. The molecule has 1 aromatic carbocycles. The summed E-state index contributed by atoms with van der Waals surface area (Å²) in [6, 6.07) is 10.1. The number of aromatic nitrogens is 4. The molecule has 0 saturated heterocycles. The van der Waals surface area contributed by atoms with E-state index in [1.54, 1.807) is 46.2 Å². The highest BCUT2D eigenvalue weighted by atomic mass is 32.2. The Hall–Kier alpha value is -4.19. The van der Waals surface area contributed by atoms with Crippen LogP contribution in [0.5, 0.6) is 0 Å². The SMILES string of the molecule is CN=S1(=O)C=CC(n2cc(-c3cc(Sc4ccc(F)cc4C#N)c4c(C#N)cnn4c3)cn2)=CC1. The third-order valence-electron chi connectivity index (χ3n) is 5.45. The Morgan fingerprint density at radius 1 is 1.09 bits per heavy atom. The number of hydrogen-bond acceptors (Lipinski definition) is 7. The third-order valence-corrected chi connectivity index (χ3v) is 8.38. The highest BCUT2D eigenvalue weighted by Crippen LogP contribution is 2.37. The molecule has 8 nitrogen and oxygen atoms in total. The van der Waals surface area contributed by atoms with Gasteiger partial charge < -0.3 is 0 Å². The molecule has 0 saturated carbocycles. The minimum Gasteiger partial charge on any atom is -0.245 e. The van der Waals surface area contributed by atoms with Gasteiger partial charge in [-0.05, 0) is 36.4 Å². The molecule has 1 atom stereocenters. The highest BCUT2D eigenvalue weighted by molar-refractivity contribution is 7.99. The van der Waals surface area contributed by atoms with Gasteiger partial charge in [0.25, 0.3) is 0 Å². The smallest absolute Gasteiger partial charge is 0.124 e. The molecule has 4 aromatic rings. The van der Waals surface area contributed by atoms with Gasteiger partial charge in [0, 0.05) is 45.8 Å². The van der Waals surface area contributed by atoms with Crippen LogP contribution in [0.3, 0.4) is 0 Å². The van der Waals surface area contributed by atoms with Crippen LogP contribution in [-0.2, 0) is 9.73 Å². The van der Waals surface area contributed by atoms with Gasteiger partial charge in [-0.25, -0.2) is 22.2 Å². The molecular weight excluding hydrogens is 485 g/mol. The maximum absolute atomic E-state index is 13.6. The van der Waals surface area contributed by atoms with Crippen LogP contribution in [0, 0.1) is 28.5 Å². The maximum atomic E-state index is 13.6. The van der Waals surface area contributed by atoms with E-state index in [-0.39, 0.29) is 5.56 Å². The van der Waals surface area contributed by atoms with E-state index in [2.05, 4.69) is 20.6 Å². The first kappa shape index (κ1) is 22.6. The number of fused-ring (bicyclic) bond motifs is 1. The number of halogens is 1. The van der Waals surface area contributed by atoms with E-state index < -0.39 is 15.5 Å². The number of benzene rings is 1. The van der Waals surface area contributed by atoms with Crippen LogP contribution < -0.4 is 0 Å². The first-order valence-electron chi connectivity index (χ1n) is 10.3. The fourth-order valence-electron chi connectivity index (χ4n) is 3.62. The van der Waals surface area contributed by atoms with E-state index in [9.17, 15) is 19.1 Å². The quantitative estimate of drug-likeness (QED) is 0.401. The zero-order chi connectivity index (χ0) is 24.6. The molecule has 3 aromatic heterocycles. The van der Waals surface area contributed by atoms with Crippen molar-refractivity contribution in [2.24, 2.45) is 4.36 Å². The second-order valence-electron chi connectivity index (χ2n) is 7.55. The van der Waals surface area contributed by atoms with E-state index in [0.717, 1.165) is 16.8 Å². The number of pyridine rings is 1. The van der Waals surface area contributed by atoms with Crippen LogP contribution in [0.25, 0.3) is 22.3 Å². The zero-order valence-corrected chi connectivity index (χ0v) is 19.9. The fourth-order valence-corrected chi connectivity index (χ4v) is 5.84. The van der Waals surface area contributed by atoms with Gasteiger partial charge in [0.2, 0.25) is 0 Å². The lowest BCUT2D eigenvalue weighted by atomic mass is 10.1. The van der Waals surface area contributed by atoms with Crippen molar-refractivity contribution in [1.82, 2.24) is 19.4 Å². The van der Waals surface area contributed by atoms with E-state index in [1.165, 1.54) is 30.1 Å². The molecule has 0 fully saturated rings. The summed E-state index contributed by atoms with van der Waals surface area (Å²) in [4.78, 5) is 1.25. The first-order valence-corrected chi connectivity index (χ1v) is 12.8. The van der Waals surface area contributed by atoms with Crippen LogP contribution in [0.4, 0.5) is 4.39 Å². The van der Waals surface area contributed by atoms with Crippen molar-refractivity contribution in [1.29, 1.82) is 10.5 Å². The molecule has 0 bridgehead atoms. The van der Waals surface area contributed by atoms with Crippen molar-refractivity contribution in [3.8, 4) is 23.3 Å². The van der Waals surface area contributed by atoms with Crippen LogP contribution in [0.1, 0.15) is 11.1 Å². The van der Waals surface area contributed by atoms with Crippen LogP contribution in [-0.4, -0.2) is 36.4 Å². The molecule has 1 aliphatic rings. The summed E-state index contributed by atoms with van der Waals surface area (Å²) in [6.07, 6.45) is 10.4. The molecule has 0 radical (unpaired) electrons. The fraction of sp³-hybridized carbons (Fsp3) is 0.0833. The molecule has 172 valence electrons. The van der Waals surface area contributed by atoms with Crippen LogP contribution in [0.15, 0.2) is 80.8 Å². The summed E-state index contributed by atoms with van der Waals surface area (Å²) in [5.74, 6) is -0.172. The summed E-state index contributed by atoms with van der Waals surface area (Å²) in [5.41, 5.74) is 3.55. The van der Waals surface area contributed by atoms with Crippen molar-refractivity contribution in [3.05, 3.63) is 83.6 Å². The number of rotatable bonds is 4. The minimum atomic E-state index is -2.34. The van der Waals surface area contributed by atoms with Crippen molar-refractivity contribution >= 4 is 32.7 Å². The van der Waals surface area contributed by atoms with Gasteiger partial charge in [-0.1, -0.05) is 11.8 Å². The minimum absolute atomic E-state index is 0.204. The summed E-state index contributed by atoms with van der Waals surface area (Å²) in [6.45, 7) is 0. The van der Waals surface area contributed by atoms with Gasteiger partial charge in [0.05, 0.1) is 50.2 Å². The Balaban J connectivity index is 1.57. The van der Waals surface area contributed by atoms with E-state index >= 15 is 0 Å². The lowest BCUT2D eigenvalue weighted by Gasteiger charge is -2.10. The van der Waals surface area contributed by atoms with Crippen molar-refractivity contribution in [3.63, 3.8) is 0 Å². The summed E-state index contributed by atoms with van der Waals surface area (Å²) in [7, 11) is -0.800. The first-order chi connectivity index (χ1) is 16.9. The number of nitrogens with zero attached hydrogens (tertiary/aromatic N) is 7. The van der Waals surface area contributed by atoms with Crippen LogP contribution >= 0.6 is 11.8 Å².